The lowest BCUT2D eigenvalue weighted by atomic mass is 10.1. The number of aliphatic hydroxyl groups excluding tert-OH is 1. The maximum absolute atomic E-state index is 12.4. The van der Waals surface area contributed by atoms with Crippen molar-refractivity contribution in [2.75, 3.05) is 0 Å². The maximum atomic E-state index is 12.4. The van der Waals surface area contributed by atoms with Crippen LogP contribution in [-0.4, -0.2) is 51.4 Å². The fourth-order valence-corrected chi connectivity index (χ4v) is 3.38. The highest BCUT2D eigenvalue weighted by molar-refractivity contribution is 5.79. The van der Waals surface area contributed by atoms with Gasteiger partial charge in [0.15, 0.2) is 6.10 Å². The van der Waals surface area contributed by atoms with Crippen LogP contribution >= 0.6 is 0 Å². The number of hydrogen-bond donors (Lipinski definition) is 5. The number of esters is 2. The number of aromatic hydroxyl groups is 1. The van der Waals surface area contributed by atoms with Crippen LogP contribution in [0.3, 0.4) is 0 Å². The van der Waals surface area contributed by atoms with E-state index in [9.17, 15) is 24.6 Å². The summed E-state index contributed by atoms with van der Waals surface area (Å²) in [4.78, 5) is 35.4. The fourth-order valence-electron chi connectivity index (χ4n) is 3.38. The Morgan fingerprint density at radius 2 is 1.05 bits per heavy atom. The summed E-state index contributed by atoms with van der Waals surface area (Å²) in [5, 5.41) is 28.3. The van der Waals surface area contributed by atoms with Crippen molar-refractivity contribution in [1.82, 2.24) is 0 Å². The first-order valence-corrected chi connectivity index (χ1v) is 11.4. The van der Waals surface area contributed by atoms with E-state index >= 15 is 0 Å². The Bertz CT molecular complexity index is 1210. The molecule has 0 amide bonds. The van der Waals surface area contributed by atoms with Crippen molar-refractivity contribution in [3.8, 4) is 17.2 Å². The van der Waals surface area contributed by atoms with Gasteiger partial charge in [0.2, 0.25) is 0 Å². The summed E-state index contributed by atoms with van der Waals surface area (Å²) in [6, 6.07) is 16.8. The molecule has 0 aliphatic carbocycles. The van der Waals surface area contributed by atoms with Crippen molar-refractivity contribution in [2.45, 2.75) is 37.5 Å². The Morgan fingerprint density at radius 1 is 0.649 bits per heavy atom. The standard InChI is InChI=1S/C27H28N2O8/c28-22(25(32)33)13-16-3-9-20(10-4-16)36-26(34)23(29)14-17-5-11-21(12-6-17)37-27(35)24(31)15-18-1-7-19(30)8-2-18/h1-12,22-24,30-31H,13-15,28-29H2,(H,32,33)/t22-,23-,24?/m0/s1. The van der Waals surface area contributed by atoms with Gasteiger partial charge in [-0.05, 0) is 65.9 Å². The number of carbonyl (C=O) groups is 3. The van der Waals surface area contributed by atoms with Crippen molar-refractivity contribution in [3.63, 3.8) is 0 Å². The second-order valence-electron chi connectivity index (χ2n) is 8.48. The number of ether oxygens (including phenoxy) is 2. The number of phenolic OH excluding ortho intramolecular Hbond substituents is 1. The molecule has 10 heteroatoms. The largest absolute Gasteiger partial charge is 0.508 e. The molecule has 0 radical (unpaired) electrons. The first-order chi connectivity index (χ1) is 17.6. The van der Waals surface area contributed by atoms with Crippen LogP contribution in [-0.2, 0) is 33.6 Å². The zero-order valence-electron chi connectivity index (χ0n) is 19.8. The van der Waals surface area contributed by atoms with Crippen molar-refractivity contribution in [1.29, 1.82) is 0 Å². The van der Waals surface area contributed by atoms with Crippen LogP contribution in [0, 0.1) is 0 Å². The lowest BCUT2D eigenvalue weighted by Crippen LogP contribution is -2.36. The minimum absolute atomic E-state index is 0.0345. The molecule has 0 aromatic heterocycles. The zero-order valence-corrected chi connectivity index (χ0v) is 19.8. The third kappa shape index (κ3) is 8.43. The molecule has 0 heterocycles. The minimum Gasteiger partial charge on any atom is -0.508 e. The van der Waals surface area contributed by atoms with Gasteiger partial charge in [0, 0.05) is 6.42 Å². The number of carbonyl (C=O) groups excluding carboxylic acids is 2. The van der Waals surface area contributed by atoms with Gasteiger partial charge in [0.25, 0.3) is 0 Å². The topological polar surface area (TPSA) is 182 Å². The number of carboxylic acid groups (broad SMARTS) is 1. The lowest BCUT2D eigenvalue weighted by molar-refractivity contribution is -0.143. The number of aliphatic carboxylic acids is 1. The molecule has 0 saturated carbocycles. The molecule has 0 aliphatic heterocycles. The summed E-state index contributed by atoms with van der Waals surface area (Å²) in [7, 11) is 0. The van der Waals surface area contributed by atoms with Crippen LogP contribution in [0.2, 0.25) is 0 Å². The normalized spacial score (nSPS) is 13.3. The number of carboxylic acids is 1. The summed E-state index contributed by atoms with van der Waals surface area (Å²) in [5.74, 6) is -2.00. The van der Waals surface area contributed by atoms with Gasteiger partial charge >= 0.3 is 17.9 Å². The van der Waals surface area contributed by atoms with Gasteiger partial charge in [0.05, 0.1) is 0 Å². The summed E-state index contributed by atoms with van der Waals surface area (Å²) in [6.07, 6.45) is -1.03. The summed E-state index contributed by atoms with van der Waals surface area (Å²) in [6.45, 7) is 0. The minimum atomic E-state index is -1.38. The number of benzene rings is 3. The molecule has 1 unspecified atom stereocenters. The van der Waals surface area contributed by atoms with Gasteiger partial charge in [-0.3, -0.25) is 4.79 Å². The van der Waals surface area contributed by atoms with Gasteiger partial charge in [-0.2, -0.15) is 0 Å². The molecular formula is C27H28N2O8. The van der Waals surface area contributed by atoms with Crippen LogP contribution < -0.4 is 20.9 Å². The third-order valence-corrected chi connectivity index (χ3v) is 5.45. The number of nitrogens with two attached hydrogens (primary N) is 2. The second-order valence-corrected chi connectivity index (χ2v) is 8.48. The zero-order chi connectivity index (χ0) is 26.9. The quantitative estimate of drug-likeness (QED) is 0.187. The third-order valence-electron chi connectivity index (χ3n) is 5.45. The lowest BCUT2D eigenvalue weighted by Gasteiger charge is -2.13. The Kier molecular flexibility index (Phi) is 9.33. The van der Waals surface area contributed by atoms with E-state index in [1.807, 2.05) is 0 Å². The van der Waals surface area contributed by atoms with Crippen LogP contribution in [0.15, 0.2) is 72.8 Å². The summed E-state index contributed by atoms with van der Waals surface area (Å²) >= 11 is 0. The molecule has 3 aromatic rings. The average Bonchev–Trinajstić information content (AvgIpc) is 2.87. The molecule has 0 fully saturated rings. The summed E-state index contributed by atoms with van der Waals surface area (Å²) < 4.78 is 10.5. The first kappa shape index (κ1) is 27.3. The molecule has 0 bridgehead atoms. The smallest absolute Gasteiger partial charge is 0.340 e. The van der Waals surface area contributed by atoms with E-state index < -0.39 is 36.1 Å². The molecule has 194 valence electrons. The van der Waals surface area contributed by atoms with Crippen LogP contribution in [0.5, 0.6) is 17.2 Å². The highest BCUT2D eigenvalue weighted by Crippen LogP contribution is 2.18. The highest BCUT2D eigenvalue weighted by Gasteiger charge is 2.20. The summed E-state index contributed by atoms with van der Waals surface area (Å²) in [5.41, 5.74) is 13.5. The van der Waals surface area contributed by atoms with Crippen LogP contribution in [0.1, 0.15) is 16.7 Å². The number of aliphatic hydroxyl groups is 1. The molecule has 10 nitrogen and oxygen atoms in total. The fraction of sp³-hybridized carbons (Fsp3) is 0.222. The monoisotopic (exact) mass is 508 g/mol. The second kappa shape index (κ2) is 12.6. The Balaban J connectivity index is 1.47. The Hall–Kier alpha value is -4.25. The van der Waals surface area contributed by atoms with E-state index in [1.54, 1.807) is 36.4 Å². The highest BCUT2D eigenvalue weighted by atomic mass is 16.5. The van der Waals surface area contributed by atoms with E-state index in [0.717, 1.165) is 0 Å². The van der Waals surface area contributed by atoms with Crippen LogP contribution in [0.25, 0.3) is 0 Å². The van der Waals surface area contributed by atoms with E-state index in [4.69, 9.17) is 26.0 Å². The molecule has 3 rings (SSSR count). The van der Waals surface area contributed by atoms with Gasteiger partial charge in [-0.25, -0.2) is 9.59 Å². The van der Waals surface area contributed by atoms with Gasteiger partial charge in [-0.15, -0.1) is 0 Å². The van der Waals surface area contributed by atoms with Gasteiger partial charge in [-0.1, -0.05) is 36.4 Å². The molecule has 37 heavy (non-hydrogen) atoms. The predicted molar refractivity (Wildman–Crippen MR) is 133 cm³/mol. The average molecular weight is 509 g/mol. The Labute approximate surface area is 213 Å². The van der Waals surface area contributed by atoms with Gasteiger partial charge in [0.1, 0.15) is 29.3 Å². The van der Waals surface area contributed by atoms with Crippen molar-refractivity contribution >= 4 is 17.9 Å². The number of rotatable bonds is 11. The van der Waals surface area contributed by atoms with E-state index in [-0.39, 0.29) is 36.5 Å². The molecule has 7 N–H and O–H groups in total. The maximum Gasteiger partial charge on any atom is 0.340 e. The molecule has 3 atom stereocenters. The SMILES string of the molecule is N[C@@H](Cc1ccc(OC(=O)[C@@H](N)Cc2ccc(OC(=O)C(O)Cc3ccc(O)cc3)cc2)cc1)C(=O)O. The molecule has 0 saturated heterocycles. The first-order valence-electron chi connectivity index (χ1n) is 11.4. The van der Waals surface area contributed by atoms with Crippen molar-refractivity contribution < 1.29 is 39.2 Å². The Morgan fingerprint density at radius 3 is 1.54 bits per heavy atom. The number of phenols is 1. The van der Waals surface area contributed by atoms with E-state index in [1.165, 1.54) is 36.4 Å². The van der Waals surface area contributed by atoms with Crippen LogP contribution in [0.4, 0.5) is 0 Å². The van der Waals surface area contributed by atoms with Gasteiger partial charge < -0.3 is 36.3 Å². The molecule has 0 aliphatic rings. The van der Waals surface area contributed by atoms with Crippen molar-refractivity contribution in [3.05, 3.63) is 89.5 Å². The van der Waals surface area contributed by atoms with E-state index in [0.29, 0.717) is 16.7 Å². The number of hydrogen-bond acceptors (Lipinski definition) is 9. The van der Waals surface area contributed by atoms with Crippen molar-refractivity contribution in [2.24, 2.45) is 11.5 Å². The molecular weight excluding hydrogens is 480 g/mol. The predicted octanol–water partition coefficient (Wildman–Crippen LogP) is 1.33. The van der Waals surface area contributed by atoms with E-state index in [2.05, 4.69) is 0 Å². The molecule has 3 aromatic carbocycles. The molecule has 0 spiro atoms.